The fraction of sp³-hybridized carbons (Fsp3) is 0.692. The van der Waals surface area contributed by atoms with E-state index in [0.717, 1.165) is 45.7 Å². The third-order valence-electron chi connectivity index (χ3n) is 2.68. The van der Waals surface area contributed by atoms with Gasteiger partial charge in [0.15, 0.2) is 0 Å². The van der Waals surface area contributed by atoms with E-state index in [1.807, 2.05) is 0 Å². The van der Waals surface area contributed by atoms with Gasteiger partial charge in [-0.05, 0) is 31.5 Å². The number of rotatable bonds is 10. The number of aromatic nitrogens is 1. The van der Waals surface area contributed by atoms with Crippen molar-refractivity contribution in [3.05, 3.63) is 24.0 Å². The molecule has 0 bridgehead atoms. The summed E-state index contributed by atoms with van der Waals surface area (Å²) in [6.45, 7) is 4.58. The minimum atomic E-state index is 0.818. The van der Waals surface area contributed by atoms with Gasteiger partial charge in [0.2, 0.25) is 0 Å². The minimum absolute atomic E-state index is 0.818. The topological polar surface area (TPSA) is 35.4 Å². The predicted molar refractivity (Wildman–Crippen MR) is 69.1 cm³/mol. The molecule has 98 valence electrons. The highest BCUT2D eigenvalue weighted by Gasteiger charge is 1.99. The van der Waals surface area contributed by atoms with Crippen LogP contribution in [0.4, 0.5) is 0 Å². The maximum Gasteiger partial charge on any atom is 0.0479 e. The van der Waals surface area contributed by atoms with Crippen molar-refractivity contribution in [1.29, 1.82) is 0 Å². The first-order valence-electron chi connectivity index (χ1n) is 6.21. The van der Waals surface area contributed by atoms with Crippen molar-refractivity contribution in [1.82, 2.24) is 9.88 Å². The summed E-state index contributed by atoms with van der Waals surface area (Å²) in [4.78, 5) is 0. The van der Waals surface area contributed by atoms with Gasteiger partial charge in [-0.3, -0.25) is 0 Å². The van der Waals surface area contributed by atoms with Gasteiger partial charge in [0.25, 0.3) is 0 Å². The number of ether oxygens (including phenoxy) is 2. The Kier molecular flexibility index (Phi) is 7.71. The van der Waals surface area contributed by atoms with Crippen LogP contribution in [0.25, 0.3) is 0 Å². The summed E-state index contributed by atoms with van der Waals surface area (Å²) in [6.07, 6.45) is 4.24. The molecule has 1 N–H and O–H groups in total. The highest BCUT2D eigenvalue weighted by atomic mass is 16.5. The summed E-state index contributed by atoms with van der Waals surface area (Å²) in [5, 5.41) is 3.42. The van der Waals surface area contributed by atoms with Crippen molar-refractivity contribution in [2.24, 2.45) is 0 Å². The van der Waals surface area contributed by atoms with Crippen LogP contribution in [0, 0.1) is 0 Å². The van der Waals surface area contributed by atoms with Crippen LogP contribution in [0.15, 0.2) is 18.3 Å². The second-order valence-electron chi connectivity index (χ2n) is 4.06. The van der Waals surface area contributed by atoms with E-state index < -0.39 is 0 Å². The van der Waals surface area contributed by atoms with Crippen molar-refractivity contribution in [3.63, 3.8) is 0 Å². The molecule has 0 unspecified atom stereocenters. The van der Waals surface area contributed by atoms with E-state index in [1.165, 1.54) is 5.69 Å². The third-order valence-corrected chi connectivity index (χ3v) is 2.68. The van der Waals surface area contributed by atoms with Crippen LogP contribution >= 0.6 is 0 Å². The van der Waals surface area contributed by atoms with E-state index in [-0.39, 0.29) is 0 Å². The number of aryl methyl sites for hydroxylation is 1. The Bertz CT molecular complexity index is 287. The first kappa shape index (κ1) is 14.2. The molecule has 0 spiro atoms. The molecule has 0 aliphatic carbocycles. The second-order valence-corrected chi connectivity index (χ2v) is 4.06. The number of nitrogens with one attached hydrogen (secondary N) is 1. The normalized spacial score (nSPS) is 10.9. The first-order valence-corrected chi connectivity index (χ1v) is 6.21. The number of hydrogen-bond donors (Lipinski definition) is 1. The fourth-order valence-corrected chi connectivity index (χ4v) is 1.77. The molecule has 0 atom stereocenters. The summed E-state index contributed by atoms with van der Waals surface area (Å²) in [7, 11) is 3.48. The molecule has 4 nitrogen and oxygen atoms in total. The zero-order valence-electron chi connectivity index (χ0n) is 10.9. The summed E-state index contributed by atoms with van der Waals surface area (Å²) in [5.74, 6) is 0. The lowest BCUT2D eigenvalue weighted by molar-refractivity contribution is 0.190. The van der Waals surface area contributed by atoms with Gasteiger partial charge in [-0.15, -0.1) is 0 Å². The molecule has 1 rings (SSSR count). The molecule has 0 amide bonds. The highest BCUT2D eigenvalue weighted by molar-refractivity contribution is 5.06. The maximum atomic E-state index is 5.06. The van der Waals surface area contributed by atoms with Crippen LogP contribution in [0.5, 0.6) is 0 Å². The Balaban J connectivity index is 2.20. The largest absolute Gasteiger partial charge is 0.385 e. The molecule has 0 fully saturated rings. The summed E-state index contributed by atoms with van der Waals surface area (Å²) >= 11 is 0. The van der Waals surface area contributed by atoms with Gasteiger partial charge in [0.05, 0.1) is 0 Å². The van der Waals surface area contributed by atoms with Crippen molar-refractivity contribution in [2.45, 2.75) is 25.9 Å². The molecule has 0 aromatic carbocycles. The van der Waals surface area contributed by atoms with Crippen LogP contribution in [-0.4, -0.2) is 38.5 Å². The average Bonchev–Trinajstić information content (AvgIpc) is 2.77. The van der Waals surface area contributed by atoms with Crippen LogP contribution in [0.3, 0.4) is 0 Å². The van der Waals surface area contributed by atoms with E-state index in [4.69, 9.17) is 9.47 Å². The second kappa shape index (κ2) is 9.22. The summed E-state index contributed by atoms with van der Waals surface area (Å²) in [5.41, 5.74) is 1.33. The van der Waals surface area contributed by atoms with E-state index in [2.05, 4.69) is 28.2 Å². The van der Waals surface area contributed by atoms with Crippen molar-refractivity contribution in [3.8, 4) is 0 Å². The zero-order valence-corrected chi connectivity index (χ0v) is 10.9. The Morgan fingerprint density at radius 3 is 2.71 bits per heavy atom. The maximum absolute atomic E-state index is 5.06. The average molecular weight is 240 g/mol. The number of methoxy groups -OCH3 is 2. The Labute approximate surface area is 104 Å². The van der Waals surface area contributed by atoms with Crippen LogP contribution in [-0.2, 0) is 22.6 Å². The predicted octanol–water partition coefficient (Wildman–Crippen LogP) is 1.65. The molecule has 4 heteroatoms. The Hall–Kier alpha value is -0.840. The number of nitrogens with zero attached hydrogens (tertiary/aromatic N) is 1. The molecule has 0 saturated carbocycles. The molecule has 1 heterocycles. The molecule has 0 aliphatic heterocycles. The monoisotopic (exact) mass is 240 g/mol. The Morgan fingerprint density at radius 1 is 1.18 bits per heavy atom. The lowest BCUT2D eigenvalue weighted by Crippen LogP contribution is -2.18. The quantitative estimate of drug-likeness (QED) is 0.632. The van der Waals surface area contributed by atoms with E-state index >= 15 is 0 Å². The minimum Gasteiger partial charge on any atom is -0.385 e. The summed E-state index contributed by atoms with van der Waals surface area (Å²) in [6, 6.07) is 4.26. The van der Waals surface area contributed by atoms with Crippen molar-refractivity contribution in [2.75, 3.05) is 34.0 Å². The molecular weight excluding hydrogens is 216 g/mol. The van der Waals surface area contributed by atoms with Gasteiger partial charge in [0, 0.05) is 52.4 Å². The van der Waals surface area contributed by atoms with Gasteiger partial charge in [-0.2, -0.15) is 0 Å². The highest BCUT2D eigenvalue weighted by Crippen LogP contribution is 2.03. The van der Waals surface area contributed by atoms with Gasteiger partial charge in [-0.25, -0.2) is 0 Å². The van der Waals surface area contributed by atoms with Gasteiger partial charge < -0.3 is 19.4 Å². The molecule has 1 aromatic rings. The van der Waals surface area contributed by atoms with Gasteiger partial charge in [0.1, 0.15) is 0 Å². The molecule has 1 aromatic heterocycles. The Morgan fingerprint density at radius 2 is 1.94 bits per heavy atom. The molecule has 17 heavy (non-hydrogen) atoms. The molecule has 0 saturated heterocycles. The van der Waals surface area contributed by atoms with Crippen molar-refractivity contribution < 1.29 is 9.47 Å². The molecule has 0 radical (unpaired) electrons. The van der Waals surface area contributed by atoms with Crippen LogP contribution in [0.2, 0.25) is 0 Å². The van der Waals surface area contributed by atoms with Crippen LogP contribution < -0.4 is 5.32 Å². The smallest absolute Gasteiger partial charge is 0.0479 e. The zero-order chi connectivity index (χ0) is 12.3. The third kappa shape index (κ3) is 5.86. The lowest BCUT2D eigenvalue weighted by atomic mass is 10.3. The van der Waals surface area contributed by atoms with E-state index in [1.54, 1.807) is 14.2 Å². The van der Waals surface area contributed by atoms with Crippen molar-refractivity contribution >= 4 is 0 Å². The van der Waals surface area contributed by atoms with Crippen LogP contribution in [0.1, 0.15) is 18.5 Å². The first-order chi connectivity index (χ1) is 8.38. The lowest BCUT2D eigenvalue weighted by Gasteiger charge is -2.10. The SMILES string of the molecule is COCCCNCc1cccn1CCCOC. The molecular formula is C13H24N2O2. The standard InChI is InChI=1S/C13H24N2O2/c1-16-10-4-7-14-12-13-6-3-8-15(13)9-5-11-17-2/h3,6,8,14H,4-5,7,9-12H2,1-2H3. The molecule has 0 aliphatic rings. The fourth-order valence-electron chi connectivity index (χ4n) is 1.77. The van der Waals surface area contributed by atoms with E-state index in [9.17, 15) is 0 Å². The van der Waals surface area contributed by atoms with Gasteiger partial charge in [-0.1, -0.05) is 0 Å². The van der Waals surface area contributed by atoms with Gasteiger partial charge >= 0.3 is 0 Å². The van der Waals surface area contributed by atoms with E-state index in [0.29, 0.717) is 0 Å². The number of hydrogen-bond acceptors (Lipinski definition) is 3. The summed E-state index contributed by atoms with van der Waals surface area (Å²) < 4.78 is 12.4.